The fraction of sp³-hybridized carbons (Fsp3) is 0.0769. The van der Waals surface area contributed by atoms with Gasteiger partial charge in [0.15, 0.2) is 0 Å². The van der Waals surface area contributed by atoms with E-state index in [0.717, 1.165) is 5.56 Å². The van der Waals surface area contributed by atoms with Gasteiger partial charge in [0.1, 0.15) is 5.52 Å². The molecule has 3 aromatic rings. The van der Waals surface area contributed by atoms with Gasteiger partial charge < -0.3 is 0 Å². The number of pyridine rings is 1. The predicted octanol–water partition coefficient (Wildman–Crippen LogP) is 1.89. The Bertz CT molecular complexity index is 786. The number of hydrogen-bond donors (Lipinski definition) is 0. The minimum absolute atomic E-state index is 0.204. The van der Waals surface area contributed by atoms with Gasteiger partial charge in [-0.1, -0.05) is 16.8 Å². The lowest BCUT2D eigenvalue weighted by atomic mass is 10.2. The van der Waals surface area contributed by atoms with Crippen molar-refractivity contribution >= 4 is 22.5 Å². The predicted molar refractivity (Wildman–Crippen MR) is 72.1 cm³/mol. The van der Waals surface area contributed by atoms with E-state index in [-0.39, 0.29) is 5.56 Å². The van der Waals surface area contributed by atoms with Crippen LogP contribution in [0.2, 0.25) is 5.02 Å². The lowest BCUT2D eigenvalue weighted by molar-refractivity contribution is 0.600. The van der Waals surface area contributed by atoms with Gasteiger partial charge in [-0.3, -0.25) is 9.78 Å². The van der Waals surface area contributed by atoms with Crippen LogP contribution in [0.25, 0.3) is 10.9 Å². The molecule has 0 spiro atoms. The molecule has 5 nitrogen and oxygen atoms in total. The van der Waals surface area contributed by atoms with E-state index in [9.17, 15) is 4.79 Å². The molecule has 0 radical (unpaired) electrons. The van der Waals surface area contributed by atoms with E-state index in [0.29, 0.717) is 22.5 Å². The van der Waals surface area contributed by atoms with Crippen LogP contribution >= 0.6 is 11.6 Å². The molecule has 0 unspecified atom stereocenters. The molecule has 0 saturated carbocycles. The highest BCUT2D eigenvalue weighted by molar-refractivity contribution is 6.31. The van der Waals surface area contributed by atoms with Crippen LogP contribution < -0.4 is 5.56 Å². The number of aromatic nitrogens is 4. The third kappa shape index (κ3) is 2.32. The third-order valence-electron chi connectivity index (χ3n) is 2.77. The molecule has 0 atom stereocenters. The van der Waals surface area contributed by atoms with Gasteiger partial charge in [0.2, 0.25) is 0 Å². The summed E-state index contributed by atoms with van der Waals surface area (Å²) in [6.07, 6.45) is 3.34. The largest absolute Gasteiger partial charge is 0.277 e. The molecule has 0 fully saturated rings. The van der Waals surface area contributed by atoms with Crippen LogP contribution in [0.3, 0.4) is 0 Å². The van der Waals surface area contributed by atoms with E-state index in [1.807, 2.05) is 12.1 Å². The maximum Gasteiger partial charge on any atom is 0.277 e. The first-order chi connectivity index (χ1) is 9.24. The summed E-state index contributed by atoms with van der Waals surface area (Å²) < 4.78 is 1.31. The molecule has 0 aliphatic rings. The fourth-order valence-electron chi connectivity index (χ4n) is 1.81. The molecular formula is C13H9ClN4O. The molecular weight excluding hydrogens is 264 g/mol. The van der Waals surface area contributed by atoms with Crippen molar-refractivity contribution in [2.75, 3.05) is 0 Å². The van der Waals surface area contributed by atoms with Crippen molar-refractivity contribution in [2.24, 2.45) is 0 Å². The summed E-state index contributed by atoms with van der Waals surface area (Å²) in [6, 6.07) is 8.64. The molecule has 0 aliphatic heterocycles. The van der Waals surface area contributed by atoms with Gasteiger partial charge in [0.25, 0.3) is 5.56 Å². The number of hydrogen-bond acceptors (Lipinski definition) is 4. The molecule has 0 aliphatic carbocycles. The van der Waals surface area contributed by atoms with Crippen molar-refractivity contribution in [3.05, 3.63) is 63.7 Å². The van der Waals surface area contributed by atoms with Gasteiger partial charge in [-0.25, -0.2) is 4.68 Å². The Labute approximate surface area is 113 Å². The molecule has 0 amide bonds. The first-order valence-corrected chi connectivity index (χ1v) is 6.04. The minimum atomic E-state index is -0.204. The van der Waals surface area contributed by atoms with E-state index in [2.05, 4.69) is 15.3 Å². The first-order valence-electron chi connectivity index (χ1n) is 5.66. The smallest absolute Gasteiger partial charge is 0.267 e. The van der Waals surface area contributed by atoms with E-state index < -0.39 is 0 Å². The van der Waals surface area contributed by atoms with Gasteiger partial charge in [-0.05, 0) is 35.9 Å². The van der Waals surface area contributed by atoms with E-state index in [1.165, 1.54) is 4.68 Å². The van der Waals surface area contributed by atoms with Crippen LogP contribution in [0.1, 0.15) is 5.56 Å². The second kappa shape index (κ2) is 4.78. The zero-order chi connectivity index (χ0) is 13.2. The number of fused-ring (bicyclic) bond motifs is 1. The quantitative estimate of drug-likeness (QED) is 0.715. The van der Waals surface area contributed by atoms with Crippen LogP contribution in [0.5, 0.6) is 0 Å². The molecule has 2 heterocycles. The molecule has 1 aromatic carbocycles. The Hall–Kier alpha value is -2.27. The standard InChI is InChI=1S/C13H9ClN4O/c14-10-1-2-12-11(7-10)13(19)18(17-16-12)8-9-3-5-15-6-4-9/h1-7H,8H2. The molecule has 0 saturated heterocycles. The van der Waals surface area contributed by atoms with E-state index >= 15 is 0 Å². The van der Waals surface area contributed by atoms with E-state index in [4.69, 9.17) is 11.6 Å². The maximum absolute atomic E-state index is 12.3. The molecule has 3 rings (SSSR count). The number of rotatable bonds is 2. The van der Waals surface area contributed by atoms with Crippen LogP contribution in [0.15, 0.2) is 47.5 Å². The van der Waals surface area contributed by atoms with Crippen LogP contribution in [0.4, 0.5) is 0 Å². The van der Waals surface area contributed by atoms with Crippen LogP contribution in [0, 0.1) is 0 Å². The van der Waals surface area contributed by atoms with Crippen molar-refractivity contribution in [2.45, 2.75) is 6.54 Å². The zero-order valence-corrected chi connectivity index (χ0v) is 10.6. The summed E-state index contributed by atoms with van der Waals surface area (Å²) in [4.78, 5) is 16.2. The second-order valence-electron chi connectivity index (χ2n) is 4.07. The summed E-state index contributed by atoms with van der Waals surface area (Å²) in [5, 5.41) is 8.92. The summed E-state index contributed by atoms with van der Waals surface area (Å²) in [5.74, 6) is 0. The Balaban J connectivity index is 2.10. The summed E-state index contributed by atoms with van der Waals surface area (Å²) in [6.45, 7) is 0.358. The van der Waals surface area contributed by atoms with Crippen molar-refractivity contribution in [3.63, 3.8) is 0 Å². The highest BCUT2D eigenvalue weighted by atomic mass is 35.5. The average molecular weight is 273 g/mol. The molecule has 0 N–H and O–H groups in total. The van der Waals surface area contributed by atoms with Crippen molar-refractivity contribution in [1.82, 2.24) is 20.0 Å². The Kier molecular flexibility index (Phi) is 2.97. The topological polar surface area (TPSA) is 60.7 Å². The molecule has 0 bridgehead atoms. The van der Waals surface area contributed by atoms with Crippen molar-refractivity contribution in [1.29, 1.82) is 0 Å². The highest BCUT2D eigenvalue weighted by Gasteiger charge is 2.06. The molecule has 94 valence electrons. The minimum Gasteiger partial charge on any atom is -0.267 e. The van der Waals surface area contributed by atoms with Gasteiger partial charge in [0, 0.05) is 17.4 Å². The van der Waals surface area contributed by atoms with Crippen molar-refractivity contribution in [3.8, 4) is 0 Å². The normalized spacial score (nSPS) is 10.8. The van der Waals surface area contributed by atoms with Gasteiger partial charge in [-0.15, -0.1) is 5.10 Å². The molecule has 6 heteroatoms. The molecule has 19 heavy (non-hydrogen) atoms. The first kappa shape index (κ1) is 11.8. The lowest BCUT2D eigenvalue weighted by Crippen LogP contribution is -2.24. The lowest BCUT2D eigenvalue weighted by Gasteiger charge is -2.04. The monoisotopic (exact) mass is 272 g/mol. The second-order valence-corrected chi connectivity index (χ2v) is 4.51. The number of benzene rings is 1. The third-order valence-corrected chi connectivity index (χ3v) is 3.00. The Morgan fingerprint density at radius 2 is 1.95 bits per heavy atom. The Morgan fingerprint density at radius 3 is 2.74 bits per heavy atom. The van der Waals surface area contributed by atoms with Gasteiger partial charge in [-0.2, -0.15) is 0 Å². The summed E-state index contributed by atoms with van der Waals surface area (Å²) >= 11 is 5.90. The highest BCUT2D eigenvalue weighted by Crippen LogP contribution is 2.13. The van der Waals surface area contributed by atoms with Gasteiger partial charge in [0.05, 0.1) is 11.9 Å². The SMILES string of the molecule is O=c1c2cc(Cl)ccc2nnn1Cc1ccncc1. The molecule has 2 aromatic heterocycles. The van der Waals surface area contributed by atoms with Crippen molar-refractivity contribution < 1.29 is 0 Å². The van der Waals surface area contributed by atoms with E-state index in [1.54, 1.807) is 30.6 Å². The van der Waals surface area contributed by atoms with Crippen LogP contribution in [-0.2, 0) is 6.54 Å². The Morgan fingerprint density at radius 1 is 1.16 bits per heavy atom. The average Bonchev–Trinajstić information content (AvgIpc) is 2.44. The summed E-state index contributed by atoms with van der Waals surface area (Å²) in [7, 11) is 0. The number of halogens is 1. The summed E-state index contributed by atoms with van der Waals surface area (Å²) in [5.41, 5.74) is 1.28. The van der Waals surface area contributed by atoms with Crippen LogP contribution in [-0.4, -0.2) is 20.0 Å². The maximum atomic E-state index is 12.3. The fourth-order valence-corrected chi connectivity index (χ4v) is 1.99. The number of nitrogens with zero attached hydrogens (tertiary/aromatic N) is 4. The van der Waals surface area contributed by atoms with Gasteiger partial charge >= 0.3 is 0 Å². The zero-order valence-electron chi connectivity index (χ0n) is 9.82.